The number of nitrogens with one attached hydrogen (secondary N) is 1. The Bertz CT molecular complexity index is 1540. The van der Waals surface area contributed by atoms with Crippen LogP contribution in [0.5, 0.6) is 11.5 Å². The summed E-state index contributed by atoms with van der Waals surface area (Å²) >= 11 is 12.4. The van der Waals surface area contributed by atoms with Crippen LogP contribution in [0.3, 0.4) is 0 Å². The van der Waals surface area contributed by atoms with Gasteiger partial charge in [-0.2, -0.15) is 0 Å². The molecule has 0 radical (unpaired) electrons. The molecule has 1 fully saturated rings. The van der Waals surface area contributed by atoms with Crippen LogP contribution in [0.2, 0.25) is 10.0 Å². The van der Waals surface area contributed by atoms with Gasteiger partial charge < -0.3 is 19.4 Å². The van der Waals surface area contributed by atoms with E-state index < -0.39 is 6.09 Å². The van der Waals surface area contributed by atoms with Crippen LogP contribution in [-0.2, 0) is 6.42 Å². The first kappa shape index (κ1) is 28.9. The molecule has 2 unspecified atom stereocenters. The van der Waals surface area contributed by atoms with E-state index in [1.54, 1.807) is 29.2 Å². The molecule has 2 atom stereocenters. The lowest BCUT2D eigenvalue weighted by atomic mass is 9.85. The molecule has 6 nitrogen and oxygen atoms in total. The number of H-pyrrole nitrogens is 1. The molecule has 0 bridgehead atoms. The number of hydrogen-bond donors (Lipinski definition) is 1. The highest BCUT2D eigenvalue weighted by molar-refractivity contribution is 6.31. The second-order valence-electron chi connectivity index (χ2n) is 11.9. The molecular weight excluding hydrogens is 569 g/mol. The van der Waals surface area contributed by atoms with Crippen molar-refractivity contribution in [1.29, 1.82) is 0 Å². The molecule has 2 aliphatic rings. The maximum Gasteiger partial charge on any atom is 0.416 e. The Kier molecular flexibility index (Phi) is 8.39. The van der Waals surface area contributed by atoms with E-state index in [2.05, 4.69) is 42.9 Å². The normalized spacial score (nSPS) is 18.7. The van der Waals surface area contributed by atoms with E-state index in [0.29, 0.717) is 40.6 Å². The van der Waals surface area contributed by atoms with Gasteiger partial charge in [-0.1, -0.05) is 49.2 Å². The standard InChI is InChI=1S/C34H37Cl2N3O3/c1-21(2)33(23-14-17-38(3)18-15-23)41-26-9-4-22(5-10-26)32-31-28(29-20-25(36)8-13-30(29)37-31)16-19-39(32)34(40)42-27-11-6-24(35)7-12-27/h4-13,20-21,23,32-33,37H,14-19H2,1-3H3. The Morgan fingerprint density at radius 2 is 1.57 bits per heavy atom. The van der Waals surface area contributed by atoms with E-state index in [9.17, 15) is 4.79 Å². The zero-order valence-electron chi connectivity index (χ0n) is 24.3. The van der Waals surface area contributed by atoms with Gasteiger partial charge in [0, 0.05) is 33.2 Å². The van der Waals surface area contributed by atoms with Crippen LogP contribution < -0.4 is 9.47 Å². The third-order valence-corrected chi connectivity index (χ3v) is 9.18. The van der Waals surface area contributed by atoms with Crippen LogP contribution in [0.1, 0.15) is 49.6 Å². The fourth-order valence-electron chi connectivity index (χ4n) is 6.49. The molecule has 3 heterocycles. The summed E-state index contributed by atoms with van der Waals surface area (Å²) in [6, 6.07) is 20.6. The lowest BCUT2D eigenvalue weighted by Crippen LogP contribution is -2.42. The number of hydrogen-bond acceptors (Lipinski definition) is 4. The molecule has 1 N–H and O–H groups in total. The summed E-state index contributed by atoms with van der Waals surface area (Å²) in [4.78, 5) is 21.4. The van der Waals surface area contributed by atoms with E-state index in [1.807, 2.05) is 30.3 Å². The molecule has 1 aromatic heterocycles. The van der Waals surface area contributed by atoms with Gasteiger partial charge >= 0.3 is 6.09 Å². The third-order valence-electron chi connectivity index (χ3n) is 8.70. The Balaban J connectivity index is 1.31. The van der Waals surface area contributed by atoms with Crippen molar-refractivity contribution in [3.05, 3.63) is 93.6 Å². The molecule has 3 aromatic carbocycles. The zero-order chi connectivity index (χ0) is 29.4. The molecule has 4 aromatic rings. The SMILES string of the molecule is CC(C)C(Oc1ccc(C2c3[nH]c4ccc(Cl)cc4c3CCN2C(=O)Oc2ccc(Cl)cc2)cc1)C1CCN(C)CC1. The predicted octanol–water partition coefficient (Wildman–Crippen LogP) is 8.37. The van der Waals surface area contributed by atoms with E-state index in [4.69, 9.17) is 32.7 Å². The van der Waals surface area contributed by atoms with Crippen molar-refractivity contribution in [2.45, 2.75) is 45.3 Å². The second kappa shape index (κ2) is 12.2. The van der Waals surface area contributed by atoms with Crippen molar-refractivity contribution in [1.82, 2.24) is 14.8 Å². The van der Waals surface area contributed by atoms with E-state index in [0.717, 1.165) is 53.8 Å². The van der Waals surface area contributed by atoms with Crippen LogP contribution in [0.25, 0.3) is 10.9 Å². The minimum atomic E-state index is -0.410. The molecule has 0 saturated carbocycles. The first-order chi connectivity index (χ1) is 20.3. The number of rotatable bonds is 6. The summed E-state index contributed by atoms with van der Waals surface area (Å²) < 4.78 is 12.4. The molecular formula is C34H37Cl2N3O3. The number of ether oxygens (including phenoxy) is 2. The molecule has 8 heteroatoms. The van der Waals surface area contributed by atoms with Gasteiger partial charge in [-0.25, -0.2) is 4.79 Å². The number of nitrogens with zero attached hydrogens (tertiary/aromatic N) is 2. The number of likely N-dealkylation sites (tertiary alicyclic amines) is 1. The van der Waals surface area contributed by atoms with Crippen LogP contribution in [0, 0.1) is 11.8 Å². The number of amides is 1. The summed E-state index contributed by atoms with van der Waals surface area (Å²) in [5.74, 6) is 2.26. The minimum absolute atomic E-state index is 0.162. The average molecular weight is 607 g/mol. The summed E-state index contributed by atoms with van der Waals surface area (Å²) in [6.45, 7) is 7.21. The van der Waals surface area contributed by atoms with E-state index in [-0.39, 0.29) is 12.1 Å². The van der Waals surface area contributed by atoms with Gasteiger partial charge in [-0.3, -0.25) is 4.90 Å². The quantitative estimate of drug-likeness (QED) is 0.240. The van der Waals surface area contributed by atoms with Gasteiger partial charge in [-0.05, 0) is 117 Å². The largest absolute Gasteiger partial charge is 0.490 e. The first-order valence-corrected chi connectivity index (χ1v) is 15.5. The summed E-state index contributed by atoms with van der Waals surface area (Å²) in [6.07, 6.45) is 2.74. The lowest BCUT2D eigenvalue weighted by molar-refractivity contribution is 0.0525. The molecule has 2 aliphatic heterocycles. The van der Waals surface area contributed by atoms with Crippen molar-refractivity contribution in [2.75, 3.05) is 26.7 Å². The van der Waals surface area contributed by atoms with Crippen molar-refractivity contribution >= 4 is 40.2 Å². The topological polar surface area (TPSA) is 57.8 Å². The van der Waals surface area contributed by atoms with Crippen molar-refractivity contribution in [2.24, 2.45) is 11.8 Å². The number of aromatic nitrogens is 1. The number of aromatic amines is 1. The highest BCUT2D eigenvalue weighted by Crippen LogP contribution is 2.40. The molecule has 0 spiro atoms. The number of halogens is 2. The zero-order valence-corrected chi connectivity index (χ0v) is 25.8. The molecule has 42 heavy (non-hydrogen) atoms. The highest BCUT2D eigenvalue weighted by atomic mass is 35.5. The summed E-state index contributed by atoms with van der Waals surface area (Å²) in [7, 11) is 2.19. The molecule has 6 rings (SSSR count). The maximum atomic E-state index is 13.6. The summed E-state index contributed by atoms with van der Waals surface area (Å²) in [5, 5.41) is 2.37. The van der Waals surface area contributed by atoms with Crippen molar-refractivity contribution < 1.29 is 14.3 Å². The average Bonchev–Trinajstić information content (AvgIpc) is 3.35. The minimum Gasteiger partial charge on any atom is -0.490 e. The van der Waals surface area contributed by atoms with Crippen LogP contribution >= 0.6 is 23.2 Å². The Hall–Kier alpha value is -3.19. The monoisotopic (exact) mass is 605 g/mol. The fraction of sp³-hybridized carbons (Fsp3) is 0.382. The van der Waals surface area contributed by atoms with Gasteiger partial charge in [0.1, 0.15) is 23.6 Å². The van der Waals surface area contributed by atoms with Gasteiger partial charge in [0.15, 0.2) is 0 Å². The number of piperidine rings is 1. The first-order valence-electron chi connectivity index (χ1n) is 14.8. The predicted molar refractivity (Wildman–Crippen MR) is 169 cm³/mol. The Morgan fingerprint density at radius 3 is 2.26 bits per heavy atom. The molecule has 1 saturated heterocycles. The second-order valence-corrected chi connectivity index (χ2v) is 12.8. The smallest absolute Gasteiger partial charge is 0.416 e. The number of carbonyl (C=O) groups excluding carboxylic acids is 1. The Morgan fingerprint density at radius 1 is 0.905 bits per heavy atom. The van der Waals surface area contributed by atoms with Gasteiger partial charge in [0.2, 0.25) is 0 Å². The third kappa shape index (κ3) is 5.98. The molecule has 220 valence electrons. The number of fused-ring (bicyclic) bond motifs is 3. The van der Waals surface area contributed by atoms with Crippen molar-refractivity contribution in [3.8, 4) is 11.5 Å². The van der Waals surface area contributed by atoms with Crippen LogP contribution in [-0.4, -0.2) is 53.7 Å². The number of carbonyl (C=O) groups is 1. The van der Waals surface area contributed by atoms with Gasteiger partial charge in [-0.15, -0.1) is 0 Å². The maximum absolute atomic E-state index is 13.6. The van der Waals surface area contributed by atoms with E-state index in [1.165, 1.54) is 5.56 Å². The molecule has 1 amide bonds. The Labute approximate surface area is 257 Å². The fourth-order valence-corrected chi connectivity index (χ4v) is 6.78. The van der Waals surface area contributed by atoms with Gasteiger partial charge in [0.25, 0.3) is 0 Å². The van der Waals surface area contributed by atoms with E-state index >= 15 is 0 Å². The highest BCUT2D eigenvalue weighted by Gasteiger charge is 2.36. The van der Waals surface area contributed by atoms with Crippen LogP contribution in [0.15, 0.2) is 66.7 Å². The van der Waals surface area contributed by atoms with Gasteiger partial charge in [0.05, 0.1) is 0 Å². The number of benzene rings is 3. The van der Waals surface area contributed by atoms with Crippen LogP contribution in [0.4, 0.5) is 4.79 Å². The molecule has 0 aliphatic carbocycles. The summed E-state index contributed by atoms with van der Waals surface area (Å²) in [5.41, 5.74) is 4.14. The van der Waals surface area contributed by atoms with Crippen molar-refractivity contribution in [3.63, 3.8) is 0 Å². The lowest BCUT2D eigenvalue weighted by Gasteiger charge is -2.37.